The van der Waals surface area contributed by atoms with Gasteiger partial charge in [0.25, 0.3) is 5.69 Å². The molecular formula is C9H10IN3O2. The number of hydrogen-bond acceptors (Lipinski definition) is 4. The normalized spacial score (nSPS) is 16.3. The number of rotatable bonds is 2. The highest BCUT2D eigenvalue weighted by Crippen LogP contribution is 2.28. The molecule has 0 radical (unpaired) electrons. The van der Waals surface area contributed by atoms with Crippen LogP contribution in [0.4, 0.5) is 11.4 Å². The first kappa shape index (κ1) is 10.6. The smallest absolute Gasteiger partial charge is 0.282 e. The predicted molar refractivity (Wildman–Crippen MR) is 66.0 cm³/mol. The fourth-order valence-corrected chi connectivity index (χ4v) is 2.26. The van der Waals surface area contributed by atoms with Crippen LogP contribution in [-0.4, -0.2) is 24.1 Å². The zero-order chi connectivity index (χ0) is 11.0. The van der Waals surface area contributed by atoms with Gasteiger partial charge in [-0.25, -0.2) is 0 Å². The van der Waals surface area contributed by atoms with Crippen molar-refractivity contribution < 1.29 is 4.92 Å². The molecule has 0 aliphatic carbocycles. The van der Waals surface area contributed by atoms with Crippen molar-refractivity contribution >= 4 is 34.0 Å². The van der Waals surface area contributed by atoms with Crippen molar-refractivity contribution in [1.82, 2.24) is 0 Å². The average Bonchev–Trinajstić information content (AvgIpc) is 2.12. The minimum absolute atomic E-state index is 0.157. The standard InChI is InChI=1S/C9H10IN3O2/c10-8-3-7(12-4-6(11)5-12)1-2-9(8)13(14)15/h1-3,6H,4-5,11H2. The third-order valence-corrected chi connectivity index (χ3v) is 3.27. The van der Waals surface area contributed by atoms with Crippen LogP contribution in [0.25, 0.3) is 0 Å². The van der Waals surface area contributed by atoms with Gasteiger partial charge in [-0.3, -0.25) is 10.1 Å². The van der Waals surface area contributed by atoms with Crippen molar-refractivity contribution in [1.29, 1.82) is 0 Å². The Hall–Kier alpha value is -0.890. The highest BCUT2D eigenvalue weighted by molar-refractivity contribution is 14.1. The summed E-state index contributed by atoms with van der Waals surface area (Å²) < 4.78 is 0.663. The van der Waals surface area contributed by atoms with E-state index in [-0.39, 0.29) is 16.7 Å². The molecule has 15 heavy (non-hydrogen) atoms. The average molecular weight is 319 g/mol. The minimum atomic E-state index is -0.368. The lowest BCUT2D eigenvalue weighted by Gasteiger charge is -2.38. The van der Waals surface area contributed by atoms with Gasteiger partial charge in [-0.2, -0.15) is 0 Å². The Bertz CT molecular complexity index is 404. The molecule has 0 aromatic heterocycles. The zero-order valence-corrected chi connectivity index (χ0v) is 10.0. The lowest BCUT2D eigenvalue weighted by atomic mass is 10.1. The number of anilines is 1. The van der Waals surface area contributed by atoms with E-state index in [0.29, 0.717) is 3.57 Å². The molecule has 0 spiro atoms. The number of nitrogens with zero attached hydrogens (tertiary/aromatic N) is 2. The maximum absolute atomic E-state index is 10.6. The first-order chi connectivity index (χ1) is 7.08. The maximum Gasteiger partial charge on any atom is 0.282 e. The summed E-state index contributed by atoms with van der Waals surface area (Å²) in [5.41, 5.74) is 6.83. The summed E-state index contributed by atoms with van der Waals surface area (Å²) in [6.07, 6.45) is 0. The Kier molecular flexibility index (Phi) is 2.79. The van der Waals surface area contributed by atoms with Gasteiger partial charge in [0.1, 0.15) is 0 Å². The van der Waals surface area contributed by atoms with Gasteiger partial charge in [0, 0.05) is 30.9 Å². The van der Waals surface area contributed by atoms with Gasteiger partial charge in [0.15, 0.2) is 0 Å². The molecule has 0 bridgehead atoms. The molecule has 2 rings (SSSR count). The molecule has 1 aliphatic heterocycles. The van der Waals surface area contributed by atoms with Crippen molar-refractivity contribution in [2.24, 2.45) is 5.73 Å². The van der Waals surface area contributed by atoms with E-state index in [0.717, 1.165) is 18.8 Å². The summed E-state index contributed by atoms with van der Waals surface area (Å²) in [7, 11) is 0. The number of hydrogen-bond donors (Lipinski definition) is 1. The van der Waals surface area contributed by atoms with E-state index >= 15 is 0 Å². The Morgan fingerprint density at radius 3 is 2.67 bits per heavy atom. The molecule has 1 heterocycles. The van der Waals surface area contributed by atoms with Gasteiger partial charge in [-0.05, 0) is 34.7 Å². The Morgan fingerprint density at radius 1 is 1.53 bits per heavy atom. The van der Waals surface area contributed by atoms with E-state index in [2.05, 4.69) is 4.90 Å². The van der Waals surface area contributed by atoms with Crippen LogP contribution in [0.15, 0.2) is 18.2 Å². The number of halogens is 1. The predicted octanol–water partition coefficient (Wildman–Crippen LogP) is 1.35. The Labute approximate surface area is 101 Å². The quantitative estimate of drug-likeness (QED) is 0.507. The van der Waals surface area contributed by atoms with Crippen molar-refractivity contribution in [3.63, 3.8) is 0 Å². The summed E-state index contributed by atoms with van der Waals surface area (Å²) in [5.74, 6) is 0. The topological polar surface area (TPSA) is 72.4 Å². The molecule has 0 atom stereocenters. The molecule has 80 valence electrons. The second-order valence-corrected chi connectivity index (χ2v) is 4.72. The summed E-state index contributed by atoms with van der Waals surface area (Å²) >= 11 is 1.98. The highest BCUT2D eigenvalue weighted by atomic mass is 127. The third-order valence-electron chi connectivity index (χ3n) is 2.40. The first-order valence-corrected chi connectivity index (χ1v) is 5.60. The SMILES string of the molecule is NC1CN(c2ccc([N+](=O)[O-])c(I)c2)C1. The zero-order valence-electron chi connectivity index (χ0n) is 7.89. The van der Waals surface area contributed by atoms with E-state index in [4.69, 9.17) is 5.73 Å². The fraction of sp³-hybridized carbons (Fsp3) is 0.333. The minimum Gasteiger partial charge on any atom is -0.368 e. The second kappa shape index (κ2) is 3.93. The summed E-state index contributed by atoms with van der Waals surface area (Å²) in [5, 5.41) is 10.6. The van der Waals surface area contributed by atoms with Gasteiger partial charge in [-0.1, -0.05) is 0 Å². The van der Waals surface area contributed by atoms with Crippen LogP contribution in [0.1, 0.15) is 0 Å². The van der Waals surface area contributed by atoms with Gasteiger partial charge >= 0.3 is 0 Å². The number of benzene rings is 1. The molecule has 5 nitrogen and oxygen atoms in total. The van der Waals surface area contributed by atoms with Crippen LogP contribution in [0.3, 0.4) is 0 Å². The van der Waals surface area contributed by atoms with Gasteiger partial charge < -0.3 is 10.6 Å². The molecule has 6 heteroatoms. The van der Waals surface area contributed by atoms with E-state index < -0.39 is 0 Å². The number of nitrogens with two attached hydrogens (primary N) is 1. The van der Waals surface area contributed by atoms with E-state index in [1.807, 2.05) is 28.7 Å². The Balaban J connectivity index is 2.22. The van der Waals surface area contributed by atoms with E-state index in [9.17, 15) is 10.1 Å². The summed E-state index contributed by atoms with van der Waals surface area (Å²) in [4.78, 5) is 12.3. The lowest BCUT2D eigenvalue weighted by Crippen LogP contribution is -2.55. The van der Waals surface area contributed by atoms with Crippen molar-refractivity contribution in [2.45, 2.75) is 6.04 Å². The first-order valence-electron chi connectivity index (χ1n) is 4.52. The monoisotopic (exact) mass is 319 g/mol. The van der Waals surface area contributed by atoms with Crippen LogP contribution in [-0.2, 0) is 0 Å². The molecule has 1 saturated heterocycles. The Morgan fingerprint density at radius 2 is 2.20 bits per heavy atom. The largest absolute Gasteiger partial charge is 0.368 e. The molecule has 1 aromatic carbocycles. The van der Waals surface area contributed by atoms with Crippen LogP contribution in [0.2, 0.25) is 0 Å². The number of nitro benzene ring substituents is 1. The second-order valence-electron chi connectivity index (χ2n) is 3.56. The third kappa shape index (κ3) is 2.05. The van der Waals surface area contributed by atoms with Crippen LogP contribution in [0, 0.1) is 13.7 Å². The van der Waals surface area contributed by atoms with Crippen molar-refractivity contribution in [3.8, 4) is 0 Å². The van der Waals surface area contributed by atoms with Crippen LogP contribution < -0.4 is 10.6 Å². The molecule has 2 N–H and O–H groups in total. The molecule has 1 aliphatic rings. The molecule has 1 fully saturated rings. The number of nitro groups is 1. The van der Waals surface area contributed by atoms with E-state index in [1.165, 1.54) is 0 Å². The summed E-state index contributed by atoms with van der Waals surface area (Å²) in [6.45, 7) is 1.65. The lowest BCUT2D eigenvalue weighted by molar-refractivity contribution is -0.385. The molecule has 1 aromatic rings. The van der Waals surface area contributed by atoms with Crippen molar-refractivity contribution in [3.05, 3.63) is 31.9 Å². The molecule has 0 saturated carbocycles. The van der Waals surface area contributed by atoms with E-state index in [1.54, 1.807) is 12.1 Å². The van der Waals surface area contributed by atoms with Crippen molar-refractivity contribution in [2.75, 3.05) is 18.0 Å². The fourth-order valence-electron chi connectivity index (χ4n) is 1.56. The van der Waals surface area contributed by atoms with Crippen LogP contribution in [0.5, 0.6) is 0 Å². The van der Waals surface area contributed by atoms with Crippen LogP contribution >= 0.6 is 22.6 Å². The highest BCUT2D eigenvalue weighted by Gasteiger charge is 2.24. The molecular weight excluding hydrogens is 309 g/mol. The van der Waals surface area contributed by atoms with Gasteiger partial charge in [0.2, 0.25) is 0 Å². The van der Waals surface area contributed by atoms with Gasteiger partial charge in [0.05, 0.1) is 8.49 Å². The molecule has 0 amide bonds. The van der Waals surface area contributed by atoms with Gasteiger partial charge in [-0.15, -0.1) is 0 Å². The molecule has 0 unspecified atom stereocenters. The maximum atomic E-state index is 10.6. The summed E-state index contributed by atoms with van der Waals surface area (Å²) in [6, 6.07) is 5.37.